The lowest BCUT2D eigenvalue weighted by atomic mass is 9.81. The number of piperidine rings is 1. The van der Waals surface area contributed by atoms with Crippen LogP contribution in [-0.2, 0) is 0 Å². The summed E-state index contributed by atoms with van der Waals surface area (Å²) in [7, 11) is 0. The number of halogens is 1. The summed E-state index contributed by atoms with van der Waals surface area (Å²) < 4.78 is 0. The molecule has 0 saturated carbocycles. The Bertz CT molecular complexity index is 201. The third-order valence-electron chi connectivity index (χ3n) is 2.88. The van der Waals surface area contributed by atoms with Crippen molar-refractivity contribution in [3.8, 4) is 0 Å². The van der Waals surface area contributed by atoms with E-state index in [2.05, 4.69) is 18.7 Å². The summed E-state index contributed by atoms with van der Waals surface area (Å²) >= 11 is 0. The third-order valence-corrected chi connectivity index (χ3v) is 2.88. The van der Waals surface area contributed by atoms with E-state index in [1.54, 1.807) is 0 Å². The van der Waals surface area contributed by atoms with Gasteiger partial charge in [-0.3, -0.25) is 0 Å². The highest BCUT2D eigenvalue weighted by Gasteiger charge is 2.35. The zero-order valence-electron chi connectivity index (χ0n) is 10.3. The fourth-order valence-corrected chi connectivity index (χ4v) is 2.17. The molecule has 3 nitrogen and oxygen atoms in total. The van der Waals surface area contributed by atoms with Crippen LogP contribution in [0.3, 0.4) is 0 Å². The lowest BCUT2D eigenvalue weighted by Crippen LogP contribution is -2.54. The molecule has 1 unspecified atom stereocenters. The van der Waals surface area contributed by atoms with E-state index >= 15 is 0 Å². The van der Waals surface area contributed by atoms with E-state index in [9.17, 15) is 5.11 Å². The van der Waals surface area contributed by atoms with Gasteiger partial charge in [0.2, 0.25) is 0 Å². The van der Waals surface area contributed by atoms with Crippen LogP contribution in [0.5, 0.6) is 0 Å². The molecule has 1 fully saturated rings. The molecule has 1 heterocycles. The van der Waals surface area contributed by atoms with Gasteiger partial charge in [-0.15, -0.1) is 12.4 Å². The van der Waals surface area contributed by atoms with E-state index in [1.165, 1.54) is 0 Å². The number of nitrogens with zero attached hydrogens (tertiary/aromatic N) is 1. The van der Waals surface area contributed by atoms with Crippen LogP contribution >= 0.6 is 12.4 Å². The second-order valence-corrected chi connectivity index (χ2v) is 5.99. The number of hydrogen-bond acceptors (Lipinski definition) is 3. The van der Waals surface area contributed by atoms with Gasteiger partial charge in [0, 0.05) is 30.6 Å². The van der Waals surface area contributed by atoms with Crippen molar-refractivity contribution in [1.82, 2.24) is 4.90 Å². The summed E-state index contributed by atoms with van der Waals surface area (Å²) in [4.78, 5) is 2.35. The maximum Gasteiger partial charge on any atom is 0.0615 e. The smallest absolute Gasteiger partial charge is 0.0615 e. The van der Waals surface area contributed by atoms with Crippen LogP contribution in [-0.4, -0.2) is 41.3 Å². The monoisotopic (exact) mass is 236 g/mol. The summed E-state index contributed by atoms with van der Waals surface area (Å²) in [5.74, 6) is 0. The number of rotatable bonds is 2. The molecule has 0 aliphatic carbocycles. The van der Waals surface area contributed by atoms with Crippen molar-refractivity contribution >= 4 is 12.4 Å². The predicted octanol–water partition coefficient (Wildman–Crippen LogP) is 1.24. The largest absolute Gasteiger partial charge is 0.392 e. The normalized spacial score (nSPS) is 27.2. The molecule has 92 valence electrons. The molecule has 0 spiro atoms. The molecule has 1 aliphatic heterocycles. The number of aliphatic hydroxyl groups is 1. The van der Waals surface area contributed by atoms with Crippen molar-refractivity contribution in [1.29, 1.82) is 0 Å². The van der Waals surface area contributed by atoms with Crippen molar-refractivity contribution in [2.75, 3.05) is 19.6 Å². The number of likely N-dealkylation sites (tertiary alicyclic amines) is 1. The number of hydrogen-bond donors (Lipinski definition) is 2. The summed E-state index contributed by atoms with van der Waals surface area (Å²) in [6.45, 7) is 11.1. The van der Waals surface area contributed by atoms with Crippen LogP contribution in [0.2, 0.25) is 0 Å². The van der Waals surface area contributed by atoms with E-state index in [-0.39, 0.29) is 29.5 Å². The summed E-state index contributed by atoms with van der Waals surface area (Å²) in [5.41, 5.74) is 5.85. The van der Waals surface area contributed by atoms with Gasteiger partial charge in [0.15, 0.2) is 0 Å². The fraction of sp³-hybridized carbons (Fsp3) is 1.00. The Kier molecular flexibility index (Phi) is 5.06. The highest BCUT2D eigenvalue weighted by Crippen LogP contribution is 2.29. The van der Waals surface area contributed by atoms with Gasteiger partial charge >= 0.3 is 0 Å². The van der Waals surface area contributed by atoms with Gasteiger partial charge in [-0.1, -0.05) is 13.8 Å². The minimum absolute atomic E-state index is 0. The first-order valence-electron chi connectivity index (χ1n) is 5.40. The average Bonchev–Trinajstić information content (AvgIpc) is 1.93. The van der Waals surface area contributed by atoms with Gasteiger partial charge in [-0.05, 0) is 20.3 Å². The first-order chi connectivity index (χ1) is 6.21. The van der Waals surface area contributed by atoms with Gasteiger partial charge in [0.05, 0.1) is 6.10 Å². The maximum atomic E-state index is 9.80. The maximum absolute atomic E-state index is 9.80. The van der Waals surface area contributed by atoms with Crippen LogP contribution in [0.25, 0.3) is 0 Å². The zero-order valence-corrected chi connectivity index (χ0v) is 11.1. The van der Waals surface area contributed by atoms with Gasteiger partial charge in [0.1, 0.15) is 0 Å². The molecule has 1 saturated heterocycles. The predicted molar refractivity (Wildman–Crippen MR) is 66.4 cm³/mol. The van der Waals surface area contributed by atoms with E-state index in [1.807, 2.05) is 13.8 Å². The Morgan fingerprint density at radius 3 is 2.40 bits per heavy atom. The Hall–Kier alpha value is 0.170. The van der Waals surface area contributed by atoms with Crippen LogP contribution in [0.4, 0.5) is 0 Å². The highest BCUT2D eigenvalue weighted by atomic mass is 35.5. The molecule has 0 radical (unpaired) electrons. The fourth-order valence-electron chi connectivity index (χ4n) is 2.17. The highest BCUT2D eigenvalue weighted by molar-refractivity contribution is 5.85. The van der Waals surface area contributed by atoms with Crippen molar-refractivity contribution in [2.24, 2.45) is 11.1 Å². The molecule has 0 bridgehead atoms. The molecule has 15 heavy (non-hydrogen) atoms. The van der Waals surface area contributed by atoms with Gasteiger partial charge in [-0.25, -0.2) is 0 Å². The van der Waals surface area contributed by atoms with E-state index in [0.29, 0.717) is 0 Å². The standard InChI is InChI=1S/C11H24N2O.ClH/c1-10(2)7-13(6-5-9(10)14)8-11(3,4)12;/h9,14H,5-8,12H2,1-4H3;1H. The molecule has 4 heteroatoms. The summed E-state index contributed by atoms with van der Waals surface area (Å²) in [6.07, 6.45) is 0.697. The summed E-state index contributed by atoms with van der Waals surface area (Å²) in [6, 6.07) is 0. The molecule has 0 amide bonds. The lowest BCUT2D eigenvalue weighted by Gasteiger charge is -2.43. The van der Waals surface area contributed by atoms with Crippen LogP contribution < -0.4 is 5.73 Å². The number of nitrogens with two attached hydrogens (primary N) is 1. The van der Waals surface area contributed by atoms with Gasteiger partial charge in [-0.2, -0.15) is 0 Å². The minimum atomic E-state index is -0.167. The topological polar surface area (TPSA) is 49.5 Å². The Labute approximate surface area is 99.4 Å². The van der Waals surface area contributed by atoms with Crippen molar-refractivity contribution in [2.45, 2.75) is 45.8 Å². The first kappa shape index (κ1) is 15.2. The van der Waals surface area contributed by atoms with E-state index in [4.69, 9.17) is 5.73 Å². The number of aliphatic hydroxyl groups excluding tert-OH is 1. The van der Waals surface area contributed by atoms with Crippen LogP contribution in [0.15, 0.2) is 0 Å². The second kappa shape index (κ2) is 5.00. The molecule has 1 aliphatic rings. The molecule has 0 aromatic heterocycles. The summed E-state index contributed by atoms with van der Waals surface area (Å²) in [5, 5.41) is 9.80. The molecule has 0 aromatic rings. The van der Waals surface area contributed by atoms with Crippen molar-refractivity contribution < 1.29 is 5.11 Å². The molecular formula is C11H25ClN2O. The molecule has 3 N–H and O–H groups in total. The van der Waals surface area contributed by atoms with Gasteiger partial charge in [0.25, 0.3) is 0 Å². The first-order valence-corrected chi connectivity index (χ1v) is 5.40. The van der Waals surface area contributed by atoms with Crippen LogP contribution in [0.1, 0.15) is 34.1 Å². The Morgan fingerprint density at radius 2 is 2.00 bits per heavy atom. The second-order valence-electron chi connectivity index (χ2n) is 5.99. The molecular weight excluding hydrogens is 212 g/mol. The SMILES string of the molecule is CC(C)(N)CN1CCC(O)C(C)(C)C1.Cl. The lowest BCUT2D eigenvalue weighted by molar-refractivity contribution is -0.0287. The van der Waals surface area contributed by atoms with Crippen molar-refractivity contribution in [3.63, 3.8) is 0 Å². The average molecular weight is 237 g/mol. The zero-order chi connectivity index (χ0) is 11.0. The Morgan fingerprint density at radius 1 is 1.47 bits per heavy atom. The van der Waals surface area contributed by atoms with E-state index < -0.39 is 0 Å². The minimum Gasteiger partial charge on any atom is -0.392 e. The molecule has 1 atom stereocenters. The molecule has 0 aromatic carbocycles. The Balaban J connectivity index is 0.00000196. The van der Waals surface area contributed by atoms with E-state index in [0.717, 1.165) is 26.1 Å². The van der Waals surface area contributed by atoms with Gasteiger partial charge < -0.3 is 15.7 Å². The van der Waals surface area contributed by atoms with Crippen LogP contribution in [0, 0.1) is 5.41 Å². The third kappa shape index (κ3) is 4.68. The van der Waals surface area contributed by atoms with Crippen molar-refractivity contribution in [3.05, 3.63) is 0 Å². The quantitative estimate of drug-likeness (QED) is 0.759. The molecule has 1 rings (SSSR count).